The highest BCUT2D eigenvalue weighted by Crippen LogP contribution is 2.14. The fourth-order valence-electron chi connectivity index (χ4n) is 1.41. The average Bonchev–Trinajstić information content (AvgIpc) is 2.89. The Kier molecular flexibility index (Phi) is 3.97. The summed E-state index contributed by atoms with van der Waals surface area (Å²) in [5.74, 6) is 0.713. The van der Waals surface area contributed by atoms with Crippen molar-refractivity contribution in [1.82, 2.24) is 15.0 Å². The molecule has 19 heavy (non-hydrogen) atoms. The number of carboxylic acids is 1. The minimum atomic E-state index is -0.841. The lowest BCUT2D eigenvalue weighted by molar-refractivity contribution is -0.140. The van der Waals surface area contributed by atoms with Crippen LogP contribution in [0.2, 0.25) is 0 Å². The van der Waals surface area contributed by atoms with Crippen molar-refractivity contribution in [3.8, 4) is 0 Å². The standard InChI is InChI=1S/C12H15N5O2/c1-8(12(18)19)6-14-10-5-11(16-7-15-10)17-9-3-2-4-13-9/h2-5,7-8,13H,6H2,1H3,(H,18,19)(H2,14,15,16,17). The maximum absolute atomic E-state index is 10.7. The number of rotatable bonds is 6. The van der Waals surface area contributed by atoms with E-state index in [1.54, 1.807) is 19.2 Å². The molecule has 0 saturated heterocycles. The number of aliphatic carboxylic acids is 1. The van der Waals surface area contributed by atoms with Crippen molar-refractivity contribution in [1.29, 1.82) is 0 Å². The van der Waals surface area contributed by atoms with E-state index in [2.05, 4.69) is 25.6 Å². The van der Waals surface area contributed by atoms with Crippen molar-refractivity contribution in [2.75, 3.05) is 17.2 Å². The van der Waals surface area contributed by atoms with E-state index in [4.69, 9.17) is 5.11 Å². The Morgan fingerprint density at radius 2 is 2.26 bits per heavy atom. The van der Waals surface area contributed by atoms with Crippen LogP contribution in [-0.2, 0) is 4.79 Å². The SMILES string of the molecule is CC(CNc1cc(Nc2ccc[nH]2)ncn1)C(=O)O. The lowest BCUT2D eigenvalue weighted by Crippen LogP contribution is -2.20. The first-order chi connectivity index (χ1) is 9.15. The summed E-state index contributed by atoms with van der Waals surface area (Å²) in [4.78, 5) is 21.8. The van der Waals surface area contributed by atoms with Gasteiger partial charge in [-0.2, -0.15) is 0 Å². The molecule has 1 atom stereocenters. The van der Waals surface area contributed by atoms with Gasteiger partial charge in [-0.15, -0.1) is 0 Å². The van der Waals surface area contributed by atoms with Crippen molar-refractivity contribution >= 4 is 23.4 Å². The first kappa shape index (κ1) is 12.9. The van der Waals surface area contributed by atoms with Gasteiger partial charge in [0, 0.05) is 18.8 Å². The molecule has 4 N–H and O–H groups in total. The first-order valence-electron chi connectivity index (χ1n) is 5.84. The normalized spacial score (nSPS) is 11.8. The summed E-state index contributed by atoms with van der Waals surface area (Å²) < 4.78 is 0. The Morgan fingerprint density at radius 3 is 2.95 bits per heavy atom. The Balaban J connectivity index is 1.97. The smallest absolute Gasteiger partial charge is 0.308 e. The second-order valence-corrected chi connectivity index (χ2v) is 4.12. The van der Waals surface area contributed by atoms with Crippen LogP contribution in [0, 0.1) is 5.92 Å². The van der Waals surface area contributed by atoms with Gasteiger partial charge in [-0.05, 0) is 12.1 Å². The Labute approximate surface area is 110 Å². The average molecular weight is 261 g/mol. The summed E-state index contributed by atoms with van der Waals surface area (Å²) in [6.07, 6.45) is 3.22. The van der Waals surface area contributed by atoms with Crippen LogP contribution in [0.4, 0.5) is 17.5 Å². The van der Waals surface area contributed by atoms with Gasteiger partial charge in [-0.1, -0.05) is 6.92 Å². The molecule has 0 fully saturated rings. The second kappa shape index (κ2) is 5.85. The van der Waals surface area contributed by atoms with E-state index in [0.29, 0.717) is 18.2 Å². The highest BCUT2D eigenvalue weighted by Gasteiger charge is 2.10. The molecular weight excluding hydrogens is 246 g/mol. The Bertz CT molecular complexity index is 541. The van der Waals surface area contributed by atoms with Crippen LogP contribution in [0.15, 0.2) is 30.7 Å². The molecule has 7 nitrogen and oxygen atoms in total. The predicted molar refractivity (Wildman–Crippen MR) is 71.4 cm³/mol. The molecule has 0 aromatic carbocycles. The molecule has 0 amide bonds. The number of carboxylic acid groups (broad SMARTS) is 1. The lowest BCUT2D eigenvalue weighted by Gasteiger charge is -2.09. The second-order valence-electron chi connectivity index (χ2n) is 4.12. The van der Waals surface area contributed by atoms with Gasteiger partial charge in [0.2, 0.25) is 0 Å². The molecule has 0 aliphatic carbocycles. The zero-order chi connectivity index (χ0) is 13.7. The molecule has 2 rings (SSSR count). The maximum Gasteiger partial charge on any atom is 0.308 e. The molecule has 0 aliphatic heterocycles. The van der Waals surface area contributed by atoms with Crippen molar-refractivity contribution in [3.05, 3.63) is 30.7 Å². The van der Waals surface area contributed by atoms with Gasteiger partial charge in [0.25, 0.3) is 0 Å². The molecule has 0 saturated carbocycles. The van der Waals surface area contributed by atoms with Crippen LogP contribution in [0.3, 0.4) is 0 Å². The van der Waals surface area contributed by atoms with Crippen LogP contribution < -0.4 is 10.6 Å². The zero-order valence-corrected chi connectivity index (χ0v) is 10.4. The van der Waals surface area contributed by atoms with E-state index in [0.717, 1.165) is 5.82 Å². The molecular formula is C12H15N5O2. The largest absolute Gasteiger partial charge is 0.481 e. The van der Waals surface area contributed by atoms with Gasteiger partial charge in [0.15, 0.2) is 0 Å². The number of H-pyrrole nitrogens is 1. The predicted octanol–water partition coefficient (Wildman–Crippen LogP) is 1.68. The molecule has 1 unspecified atom stereocenters. The quantitative estimate of drug-likeness (QED) is 0.631. The summed E-state index contributed by atoms with van der Waals surface area (Å²) in [6, 6.07) is 5.47. The molecule has 7 heteroatoms. The number of nitrogens with one attached hydrogen (secondary N) is 3. The van der Waals surface area contributed by atoms with E-state index < -0.39 is 11.9 Å². The van der Waals surface area contributed by atoms with Crippen LogP contribution in [-0.4, -0.2) is 32.6 Å². The topological polar surface area (TPSA) is 103 Å². The number of hydrogen-bond acceptors (Lipinski definition) is 5. The molecule has 2 heterocycles. The van der Waals surface area contributed by atoms with Gasteiger partial charge >= 0.3 is 5.97 Å². The van der Waals surface area contributed by atoms with Gasteiger partial charge < -0.3 is 20.7 Å². The Morgan fingerprint density at radius 1 is 1.47 bits per heavy atom. The minimum absolute atomic E-state index is 0.314. The fraction of sp³-hybridized carbons (Fsp3) is 0.250. The summed E-state index contributed by atoms with van der Waals surface area (Å²) in [7, 11) is 0. The molecule has 2 aromatic heterocycles. The molecule has 100 valence electrons. The number of hydrogen-bond donors (Lipinski definition) is 4. The number of aromatic amines is 1. The molecule has 0 bridgehead atoms. The summed E-state index contributed by atoms with van der Waals surface area (Å²) >= 11 is 0. The van der Waals surface area contributed by atoms with E-state index in [-0.39, 0.29) is 0 Å². The zero-order valence-electron chi connectivity index (χ0n) is 10.4. The third-order valence-corrected chi connectivity index (χ3v) is 2.54. The highest BCUT2D eigenvalue weighted by atomic mass is 16.4. The Hall–Kier alpha value is -2.57. The van der Waals surface area contributed by atoms with E-state index >= 15 is 0 Å². The third kappa shape index (κ3) is 3.70. The van der Waals surface area contributed by atoms with Crippen LogP contribution >= 0.6 is 0 Å². The van der Waals surface area contributed by atoms with Crippen molar-refractivity contribution < 1.29 is 9.90 Å². The molecule has 0 aliphatic rings. The summed E-state index contributed by atoms with van der Waals surface area (Å²) in [5.41, 5.74) is 0. The summed E-state index contributed by atoms with van der Waals surface area (Å²) in [5, 5.41) is 14.8. The minimum Gasteiger partial charge on any atom is -0.481 e. The molecule has 0 spiro atoms. The lowest BCUT2D eigenvalue weighted by atomic mass is 10.2. The van der Waals surface area contributed by atoms with E-state index in [1.165, 1.54) is 6.33 Å². The van der Waals surface area contributed by atoms with Crippen molar-refractivity contribution in [3.63, 3.8) is 0 Å². The third-order valence-electron chi connectivity index (χ3n) is 2.54. The van der Waals surface area contributed by atoms with Crippen LogP contribution in [0.1, 0.15) is 6.92 Å². The van der Waals surface area contributed by atoms with Gasteiger partial charge in [0.05, 0.1) is 5.92 Å². The molecule has 0 radical (unpaired) electrons. The maximum atomic E-state index is 10.7. The van der Waals surface area contributed by atoms with Gasteiger partial charge in [-0.3, -0.25) is 4.79 Å². The highest BCUT2D eigenvalue weighted by molar-refractivity contribution is 5.70. The van der Waals surface area contributed by atoms with Crippen LogP contribution in [0.25, 0.3) is 0 Å². The van der Waals surface area contributed by atoms with Gasteiger partial charge in [0.1, 0.15) is 23.8 Å². The number of anilines is 3. The first-order valence-corrected chi connectivity index (χ1v) is 5.84. The van der Waals surface area contributed by atoms with Gasteiger partial charge in [-0.25, -0.2) is 9.97 Å². The van der Waals surface area contributed by atoms with Crippen LogP contribution in [0.5, 0.6) is 0 Å². The number of carbonyl (C=O) groups is 1. The monoisotopic (exact) mass is 261 g/mol. The van der Waals surface area contributed by atoms with Crippen molar-refractivity contribution in [2.24, 2.45) is 5.92 Å². The molecule has 2 aromatic rings. The number of nitrogens with zero attached hydrogens (tertiary/aromatic N) is 2. The van der Waals surface area contributed by atoms with Crippen molar-refractivity contribution in [2.45, 2.75) is 6.92 Å². The fourth-order valence-corrected chi connectivity index (χ4v) is 1.41. The number of aromatic nitrogens is 3. The van der Waals surface area contributed by atoms with E-state index in [9.17, 15) is 4.79 Å². The summed E-state index contributed by atoms with van der Waals surface area (Å²) in [6.45, 7) is 1.95. The van der Waals surface area contributed by atoms with E-state index in [1.807, 2.05) is 12.1 Å².